The molecule has 8 aromatic rings. The first-order valence-electron chi connectivity index (χ1n) is 13.5. The first-order valence-corrected chi connectivity index (χ1v) is 14.3. The Labute approximate surface area is 240 Å². The normalized spacial score (nSPS) is 11.5. The third-order valence-corrected chi connectivity index (χ3v) is 8.42. The van der Waals surface area contributed by atoms with Crippen molar-refractivity contribution in [3.63, 3.8) is 0 Å². The number of hydrogen-bond donors (Lipinski definition) is 0. The minimum Gasteiger partial charge on any atom is -0.254 e. The third-order valence-electron chi connectivity index (χ3n) is 7.40. The van der Waals surface area contributed by atoms with Gasteiger partial charge in [-0.2, -0.15) is 0 Å². The van der Waals surface area contributed by atoms with Crippen molar-refractivity contribution in [1.82, 2.24) is 19.9 Å². The van der Waals surface area contributed by atoms with Crippen LogP contribution in [-0.4, -0.2) is 19.9 Å². The van der Waals surface area contributed by atoms with Gasteiger partial charge in [0.25, 0.3) is 0 Å². The van der Waals surface area contributed by atoms with E-state index in [0.29, 0.717) is 0 Å². The summed E-state index contributed by atoms with van der Waals surface area (Å²) in [7, 11) is 0. The number of fused-ring (bicyclic) bond motifs is 6. The summed E-state index contributed by atoms with van der Waals surface area (Å²) >= 11 is 1.74. The van der Waals surface area contributed by atoms with Crippen molar-refractivity contribution in [2.45, 2.75) is 9.79 Å². The lowest BCUT2D eigenvalue weighted by Gasteiger charge is -2.08. The Morgan fingerprint density at radius 2 is 0.756 bits per heavy atom. The Morgan fingerprint density at radius 1 is 0.366 bits per heavy atom. The summed E-state index contributed by atoms with van der Waals surface area (Å²) in [5.74, 6) is 0. The molecule has 0 aliphatic heterocycles. The maximum absolute atomic E-state index is 4.98. The smallest absolute Gasteiger partial charge is 0.0972 e. The number of pyridine rings is 4. The maximum Gasteiger partial charge on any atom is 0.0972 e. The lowest BCUT2D eigenvalue weighted by molar-refractivity contribution is 1.35. The van der Waals surface area contributed by atoms with E-state index in [4.69, 9.17) is 9.97 Å². The lowest BCUT2D eigenvalue weighted by atomic mass is 10.1. The van der Waals surface area contributed by atoms with Crippen molar-refractivity contribution in [1.29, 1.82) is 0 Å². The molecule has 4 aromatic carbocycles. The van der Waals surface area contributed by atoms with Crippen molar-refractivity contribution in [2.24, 2.45) is 0 Å². The average Bonchev–Trinajstić information content (AvgIpc) is 3.05. The molecule has 0 unspecified atom stereocenters. The van der Waals surface area contributed by atoms with Crippen LogP contribution in [0.4, 0.5) is 0 Å². The quantitative estimate of drug-likeness (QED) is 0.207. The third kappa shape index (κ3) is 4.37. The molecule has 0 fully saturated rings. The van der Waals surface area contributed by atoms with Gasteiger partial charge in [-0.1, -0.05) is 84.6 Å². The number of rotatable bonds is 4. The summed E-state index contributed by atoms with van der Waals surface area (Å²) in [4.78, 5) is 21.5. The second-order valence-corrected chi connectivity index (χ2v) is 11.1. The van der Waals surface area contributed by atoms with E-state index in [1.54, 1.807) is 11.8 Å². The van der Waals surface area contributed by atoms with Gasteiger partial charge in [0.2, 0.25) is 0 Å². The van der Waals surface area contributed by atoms with Crippen LogP contribution in [0.15, 0.2) is 144 Å². The van der Waals surface area contributed by atoms with Gasteiger partial charge in [0, 0.05) is 54.9 Å². The molecule has 0 spiro atoms. The van der Waals surface area contributed by atoms with Gasteiger partial charge in [-0.3, -0.25) is 9.97 Å². The largest absolute Gasteiger partial charge is 0.254 e. The van der Waals surface area contributed by atoms with E-state index in [9.17, 15) is 0 Å². The zero-order valence-corrected chi connectivity index (χ0v) is 22.7. The van der Waals surface area contributed by atoms with Gasteiger partial charge in [0.1, 0.15) is 0 Å². The monoisotopic (exact) mass is 542 g/mol. The topological polar surface area (TPSA) is 51.6 Å². The molecule has 0 N–H and O–H groups in total. The van der Waals surface area contributed by atoms with Crippen molar-refractivity contribution in [2.75, 3.05) is 0 Å². The van der Waals surface area contributed by atoms with Crippen LogP contribution >= 0.6 is 11.8 Å². The Morgan fingerprint density at radius 3 is 1.20 bits per heavy atom. The molecule has 0 aliphatic carbocycles. The summed E-state index contributed by atoms with van der Waals surface area (Å²) < 4.78 is 0. The maximum atomic E-state index is 4.98. The van der Waals surface area contributed by atoms with Crippen LogP contribution in [-0.2, 0) is 0 Å². The highest BCUT2D eigenvalue weighted by Gasteiger charge is 2.09. The van der Waals surface area contributed by atoms with Crippen LogP contribution in [0.1, 0.15) is 0 Å². The van der Waals surface area contributed by atoms with Crippen LogP contribution in [0, 0.1) is 0 Å². The van der Waals surface area contributed by atoms with Gasteiger partial charge >= 0.3 is 0 Å². The van der Waals surface area contributed by atoms with E-state index in [-0.39, 0.29) is 0 Å². The second-order valence-electron chi connectivity index (χ2n) is 9.97. The number of hydrogen-bond acceptors (Lipinski definition) is 5. The van der Waals surface area contributed by atoms with Gasteiger partial charge in [0.15, 0.2) is 0 Å². The van der Waals surface area contributed by atoms with Gasteiger partial charge in [-0.25, -0.2) is 9.97 Å². The minimum atomic E-state index is 0.935. The Kier molecular flexibility index (Phi) is 5.68. The zero-order chi connectivity index (χ0) is 27.2. The molecule has 0 amide bonds. The van der Waals surface area contributed by atoms with E-state index >= 15 is 0 Å². The fourth-order valence-electron chi connectivity index (χ4n) is 5.29. The highest BCUT2D eigenvalue weighted by Crippen LogP contribution is 2.33. The van der Waals surface area contributed by atoms with E-state index in [2.05, 4.69) is 119 Å². The summed E-state index contributed by atoms with van der Waals surface area (Å²) in [5.41, 5.74) is 7.81. The van der Waals surface area contributed by atoms with Crippen LogP contribution in [0.5, 0.6) is 0 Å². The van der Waals surface area contributed by atoms with E-state index in [1.807, 2.05) is 24.5 Å². The molecule has 8 rings (SSSR count). The molecule has 4 nitrogen and oxygen atoms in total. The van der Waals surface area contributed by atoms with E-state index in [1.165, 1.54) is 9.79 Å². The highest BCUT2D eigenvalue weighted by atomic mass is 32.2. The van der Waals surface area contributed by atoms with Crippen LogP contribution < -0.4 is 0 Å². The molecule has 4 heterocycles. The van der Waals surface area contributed by atoms with Crippen LogP contribution in [0.3, 0.4) is 0 Å². The van der Waals surface area contributed by atoms with Crippen molar-refractivity contribution >= 4 is 55.4 Å². The lowest BCUT2D eigenvalue weighted by Crippen LogP contribution is -1.89. The van der Waals surface area contributed by atoms with Crippen molar-refractivity contribution in [3.05, 3.63) is 134 Å². The van der Waals surface area contributed by atoms with E-state index in [0.717, 1.165) is 66.1 Å². The highest BCUT2D eigenvalue weighted by molar-refractivity contribution is 7.99. The van der Waals surface area contributed by atoms with Crippen molar-refractivity contribution < 1.29 is 0 Å². The first-order chi connectivity index (χ1) is 20.3. The van der Waals surface area contributed by atoms with Crippen LogP contribution in [0.2, 0.25) is 0 Å². The Bertz CT molecular complexity index is 2070. The average molecular weight is 543 g/mol. The Hall–Kier alpha value is -5.13. The molecule has 0 saturated carbocycles. The van der Waals surface area contributed by atoms with E-state index < -0.39 is 0 Å². The molecule has 5 heteroatoms. The Balaban J connectivity index is 1.04. The fourth-order valence-corrected chi connectivity index (χ4v) is 6.11. The molecule has 4 aromatic heterocycles. The molecule has 0 bridgehead atoms. The van der Waals surface area contributed by atoms with Crippen molar-refractivity contribution in [3.8, 4) is 22.5 Å². The molecular weight excluding hydrogens is 520 g/mol. The predicted molar refractivity (Wildman–Crippen MR) is 169 cm³/mol. The molecule has 0 saturated heterocycles. The minimum absolute atomic E-state index is 0.935. The van der Waals surface area contributed by atoms with Crippen LogP contribution in [0.25, 0.3) is 66.1 Å². The van der Waals surface area contributed by atoms with Gasteiger partial charge in [-0.15, -0.1) is 0 Å². The number of nitrogens with zero attached hydrogens (tertiary/aromatic N) is 4. The fraction of sp³-hybridized carbons (Fsp3) is 0. The molecule has 192 valence electrons. The molecular formula is C36H22N4S. The number of aromatic nitrogens is 4. The van der Waals surface area contributed by atoms with Gasteiger partial charge in [0.05, 0.1) is 33.5 Å². The van der Waals surface area contributed by atoms with Gasteiger partial charge < -0.3 is 0 Å². The number of benzene rings is 4. The first kappa shape index (κ1) is 23.7. The SMILES string of the molecule is c1cnc2c(c1)ccc1ccc(-c3ccc(Sc4ccc(-c5ccc6ccc7cccnc7c6n5)cc4)cc3)nc12. The zero-order valence-electron chi connectivity index (χ0n) is 21.9. The standard InChI is InChI=1S/C36H22N4S/c1-3-25-5-7-27-13-19-31(39-35(27)33(25)37-21-1)23-9-15-29(16-10-23)41-30-17-11-24(12-18-30)32-20-14-28-8-6-26-4-2-22-38-34(26)36(28)40-32/h1-22H. The molecule has 41 heavy (non-hydrogen) atoms. The molecule has 0 aliphatic rings. The van der Waals surface area contributed by atoms with Gasteiger partial charge in [-0.05, 0) is 48.5 Å². The molecule has 0 atom stereocenters. The summed E-state index contributed by atoms with van der Waals surface area (Å²) in [6, 6.07) is 42.1. The summed E-state index contributed by atoms with van der Waals surface area (Å²) in [6.07, 6.45) is 3.65. The summed E-state index contributed by atoms with van der Waals surface area (Å²) in [6.45, 7) is 0. The summed E-state index contributed by atoms with van der Waals surface area (Å²) in [5, 5.41) is 4.40. The predicted octanol–water partition coefficient (Wildman–Crippen LogP) is 9.36. The molecule has 0 radical (unpaired) electrons. The second kappa shape index (κ2) is 9.81.